The third kappa shape index (κ3) is 6.29. The summed E-state index contributed by atoms with van der Waals surface area (Å²) in [6.45, 7) is 6.58. The van der Waals surface area contributed by atoms with Gasteiger partial charge in [0, 0.05) is 40.7 Å². The summed E-state index contributed by atoms with van der Waals surface area (Å²) in [5, 5.41) is 6.10. The standard InChI is InChI=1S/C36H43N5O7S/c1-36(2,3)48-35(44)40-20-25-17-26(40)19-39(25)34(43)24-14-23-15-27(47-4)11-13-28(23)32-31(21-8-6-5-7-9-21)29-12-10-22(16-30(29)41(32)18-24)33(42)38-49(37,45)46/h10-16,21,25-26H,5-9,17-20H2,1-4H3,(H,38,42)(H2,37,45,46). The molecule has 3 aromatic rings. The molecule has 4 aliphatic rings. The number of amides is 3. The Morgan fingerprint density at radius 2 is 1.67 bits per heavy atom. The first-order valence-electron chi connectivity index (χ1n) is 16.9. The van der Waals surface area contributed by atoms with E-state index in [1.165, 1.54) is 12.0 Å². The fraction of sp³-hybridized carbons (Fsp3) is 0.472. The maximum absolute atomic E-state index is 14.5. The van der Waals surface area contributed by atoms with Gasteiger partial charge >= 0.3 is 6.09 Å². The molecule has 12 nitrogen and oxygen atoms in total. The molecule has 1 aromatic heterocycles. The lowest BCUT2D eigenvalue weighted by atomic mass is 9.81. The number of nitrogens with zero attached hydrogens (tertiary/aromatic N) is 3. The van der Waals surface area contributed by atoms with Crippen molar-refractivity contribution in [3.63, 3.8) is 0 Å². The van der Waals surface area contributed by atoms with Gasteiger partial charge in [0.15, 0.2) is 0 Å². The number of nitrogens with two attached hydrogens (primary N) is 1. The average Bonchev–Trinajstić information content (AvgIpc) is 3.71. The first-order chi connectivity index (χ1) is 23.2. The van der Waals surface area contributed by atoms with Gasteiger partial charge in [0.1, 0.15) is 11.4 Å². The second-order valence-electron chi connectivity index (χ2n) is 14.6. The number of carbonyl (C=O) groups excluding carboxylic acids is 3. The largest absolute Gasteiger partial charge is 0.497 e. The molecule has 2 bridgehead atoms. The molecule has 49 heavy (non-hydrogen) atoms. The summed E-state index contributed by atoms with van der Waals surface area (Å²) in [6.07, 6.45) is 7.72. The fourth-order valence-corrected chi connectivity index (χ4v) is 8.52. The molecule has 2 saturated heterocycles. The number of fused-ring (bicyclic) bond motifs is 7. The van der Waals surface area contributed by atoms with Crippen molar-refractivity contribution in [2.45, 2.75) is 89.4 Å². The highest BCUT2D eigenvalue weighted by Gasteiger charge is 2.49. The van der Waals surface area contributed by atoms with Gasteiger partial charge in [0.05, 0.1) is 31.4 Å². The first kappa shape index (κ1) is 33.2. The molecule has 3 amide bonds. The van der Waals surface area contributed by atoms with Gasteiger partial charge < -0.3 is 23.8 Å². The van der Waals surface area contributed by atoms with Crippen LogP contribution >= 0.6 is 0 Å². The van der Waals surface area contributed by atoms with Gasteiger partial charge in [-0.2, -0.15) is 8.42 Å². The van der Waals surface area contributed by atoms with Gasteiger partial charge in [-0.3, -0.25) is 9.59 Å². The molecule has 3 aliphatic heterocycles. The van der Waals surface area contributed by atoms with Crippen LogP contribution in [-0.4, -0.2) is 78.6 Å². The van der Waals surface area contributed by atoms with Gasteiger partial charge in [-0.25, -0.2) is 14.7 Å². The zero-order chi connectivity index (χ0) is 34.8. The molecule has 260 valence electrons. The number of methoxy groups -OCH3 is 1. The normalized spacial score (nSPS) is 20.8. The summed E-state index contributed by atoms with van der Waals surface area (Å²) in [6, 6.07) is 10.9. The van der Waals surface area contributed by atoms with Crippen molar-refractivity contribution < 1.29 is 32.3 Å². The quantitative estimate of drug-likeness (QED) is 0.386. The Bertz CT molecular complexity index is 2010. The smallest absolute Gasteiger partial charge is 0.410 e. The summed E-state index contributed by atoms with van der Waals surface area (Å²) >= 11 is 0. The summed E-state index contributed by atoms with van der Waals surface area (Å²) < 4.78 is 38.7. The monoisotopic (exact) mass is 689 g/mol. The first-order valence-corrected chi connectivity index (χ1v) is 18.5. The SMILES string of the molecule is COc1ccc2c(c1)C=C(C(=O)N1CC3CC1CN3C(=O)OC(C)(C)C)Cn1c-2c(C2CCCCC2)c2ccc(C(=O)NS(N)(=O)=O)cc21. The topological polar surface area (TPSA) is 153 Å². The van der Waals surface area contributed by atoms with Crippen LogP contribution in [0.2, 0.25) is 0 Å². The molecular weight excluding hydrogens is 646 g/mol. The van der Waals surface area contributed by atoms with Gasteiger partial charge in [-0.1, -0.05) is 25.3 Å². The minimum absolute atomic E-state index is 0.109. The van der Waals surface area contributed by atoms with E-state index >= 15 is 0 Å². The van der Waals surface area contributed by atoms with E-state index in [4.69, 9.17) is 14.6 Å². The molecule has 0 radical (unpaired) electrons. The number of aromatic nitrogens is 1. The highest BCUT2D eigenvalue weighted by Crippen LogP contribution is 2.47. The molecule has 0 spiro atoms. The molecule has 13 heteroatoms. The highest BCUT2D eigenvalue weighted by atomic mass is 32.2. The van der Waals surface area contributed by atoms with Crippen molar-refractivity contribution in [3.8, 4) is 17.0 Å². The maximum Gasteiger partial charge on any atom is 0.410 e. The van der Waals surface area contributed by atoms with Crippen LogP contribution in [-0.2, 0) is 26.3 Å². The van der Waals surface area contributed by atoms with Crippen LogP contribution in [0, 0.1) is 0 Å². The third-order valence-corrected chi connectivity index (χ3v) is 10.7. The molecule has 1 aliphatic carbocycles. The summed E-state index contributed by atoms with van der Waals surface area (Å²) in [7, 11) is -2.65. The summed E-state index contributed by atoms with van der Waals surface area (Å²) in [5.74, 6) is 0.00672. The minimum atomic E-state index is -4.27. The summed E-state index contributed by atoms with van der Waals surface area (Å²) in [5.41, 5.74) is 4.81. The van der Waals surface area contributed by atoms with Gasteiger partial charge in [-0.05, 0) is 93.5 Å². The highest BCUT2D eigenvalue weighted by molar-refractivity contribution is 7.87. The predicted octanol–water partition coefficient (Wildman–Crippen LogP) is 4.92. The molecular formula is C36H43N5O7S. The van der Waals surface area contributed by atoms with Crippen LogP contribution in [0.1, 0.15) is 86.7 Å². The lowest BCUT2D eigenvalue weighted by molar-refractivity contribution is -0.129. The van der Waals surface area contributed by atoms with Crippen LogP contribution in [0.3, 0.4) is 0 Å². The fourth-order valence-electron chi connectivity index (χ4n) is 8.14. The van der Waals surface area contributed by atoms with Crippen molar-refractivity contribution >= 4 is 45.1 Å². The molecule has 2 atom stereocenters. The molecule has 4 heterocycles. The van der Waals surface area contributed by atoms with Crippen molar-refractivity contribution in [2.24, 2.45) is 5.14 Å². The number of carbonyl (C=O) groups is 3. The number of hydrogen-bond acceptors (Lipinski definition) is 7. The number of nitrogens with one attached hydrogen (secondary N) is 1. The number of likely N-dealkylation sites (tertiary alicyclic amines) is 2. The minimum Gasteiger partial charge on any atom is -0.497 e. The average molecular weight is 690 g/mol. The van der Waals surface area contributed by atoms with Crippen molar-refractivity contribution in [1.29, 1.82) is 0 Å². The van der Waals surface area contributed by atoms with Crippen LogP contribution in [0.25, 0.3) is 28.2 Å². The van der Waals surface area contributed by atoms with Crippen molar-refractivity contribution in [3.05, 3.63) is 58.7 Å². The molecule has 7 rings (SSSR count). The Kier molecular flexibility index (Phi) is 8.26. The Balaban J connectivity index is 1.32. The zero-order valence-corrected chi connectivity index (χ0v) is 29.1. The molecule has 1 saturated carbocycles. The van der Waals surface area contributed by atoms with Crippen molar-refractivity contribution in [1.82, 2.24) is 19.1 Å². The summed E-state index contributed by atoms with van der Waals surface area (Å²) in [4.78, 5) is 44.1. The van der Waals surface area contributed by atoms with E-state index in [-0.39, 0.29) is 42.1 Å². The van der Waals surface area contributed by atoms with Gasteiger partial charge in [0.25, 0.3) is 22.0 Å². The Morgan fingerprint density at radius 1 is 0.959 bits per heavy atom. The van der Waals surface area contributed by atoms with Gasteiger partial charge in [0.2, 0.25) is 0 Å². The number of rotatable bonds is 5. The third-order valence-electron chi connectivity index (χ3n) is 10.2. The van der Waals surface area contributed by atoms with Crippen molar-refractivity contribution in [2.75, 3.05) is 20.2 Å². The van der Waals surface area contributed by atoms with Crippen LogP contribution in [0.5, 0.6) is 5.75 Å². The molecule has 3 fully saturated rings. The second kappa shape index (κ2) is 12.2. The van der Waals surface area contributed by atoms with E-state index in [2.05, 4.69) is 4.57 Å². The van der Waals surface area contributed by atoms with Crippen LogP contribution in [0.4, 0.5) is 4.79 Å². The predicted molar refractivity (Wildman–Crippen MR) is 185 cm³/mol. The van der Waals surface area contributed by atoms with E-state index in [9.17, 15) is 22.8 Å². The van der Waals surface area contributed by atoms with E-state index in [1.54, 1.807) is 24.1 Å². The maximum atomic E-state index is 14.5. The van der Waals surface area contributed by atoms with E-state index < -0.39 is 21.7 Å². The number of piperazine rings is 1. The lowest BCUT2D eigenvalue weighted by Crippen LogP contribution is -2.52. The van der Waals surface area contributed by atoms with Crippen LogP contribution < -0.4 is 14.6 Å². The Morgan fingerprint density at radius 3 is 2.33 bits per heavy atom. The number of benzene rings is 2. The van der Waals surface area contributed by atoms with E-state index in [0.717, 1.165) is 53.4 Å². The Hall–Kier alpha value is -4.36. The van der Waals surface area contributed by atoms with E-state index in [1.807, 2.05) is 60.7 Å². The number of ether oxygens (including phenoxy) is 2. The van der Waals surface area contributed by atoms with Gasteiger partial charge in [-0.15, -0.1) is 0 Å². The molecule has 2 aromatic carbocycles. The zero-order valence-electron chi connectivity index (χ0n) is 28.3. The second-order valence-corrected chi connectivity index (χ2v) is 15.9. The molecule has 2 unspecified atom stereocenters. The molecule has 3 N–H and O–H groups in total. The number of hydrogen-bond donors (Lipinski definition) is 2. The van der Waals surface area contributed by atoms with E-state index in [0.29, 0.717) is 30.8 Å². The lowest BCUT2D eigenvalue weighted by Gasteiger charge is -2.35. The van der Waals surface area contributed by atoms with Crippen LogP contribution in [0.15, 0.2) is 42.0 Å². The Labute approximate surface area is 286 Å².